The lowest BCUT2D eigenvalue weighted by atomic mass is 9.89. The summed E-state index contributed by atoms with van der Waals surface area (Å²) in [6.07, 6.45) is 1.50. The SMILES string of the molecule is CCCC(C(=O)OC)c1c(C)nc2cc(C(C)(C)C)nn2c1-c1ccc(C)cc1OC. The Labute approximate surface area is 184 Å². The van der Waals surface area contributed by atoms with Crippen molar-refractivity contribution < 1.29 is 14.3 Å². The Kier molecular flexibility index (Phi) is 6.39. The van der Waals surface area contributed by atoms with Crippen LogP contribution in [0.2, 0.25) is 0 Å². The molecule has 3 rings (SSSR count). The molecule has 3 aromatic rings. The second-order valence-corrected chi connectivity index (χ2v) is 9.08. The van der Waals surface area contributed by atoms with Crippen LogP contribution >= 0.6 is 0 Å². The highest BCUT2D eigenvalue weighted by Crippen LogP contribution is 2.40. The molecule has 0 aliphatic rings. The van der Waals surface area contributed by atoms with Gasteiger partial charge in [-0.05, 0) is 38.0 Å². The second kappa shape index (κ2) is 8.69. The number of aromatic nitrogens is 3. The zero-order valence-corrected chi connectivity index (χ0v) is 19.9. The first kappa shape index (κ1) is 22.8. The van der Waals surface area contributed by atoms with Gasteiger partial charge in [0, 0.05) is 28.3 Å². The quantitative estimate of drug-likeness (QED) is 0.498. The summed E-state index contributed by atoms with van der Waals surface area (Å²) in [5.41, 5.74) is 6.00. The molecule has 31 heavy (non-hydrogen) atoms. The molecule has 0 amide bonds. The lowest BCUT2D eigenvalue weighted by molar-refractivity contribution is -0.142. The average molecular weight is 424 g/mol. The van der Waals surface area contributed by atoms with E-state index < -0.39 is 5.92 Å². The molecular formula is C25H33N3O3. The zero-order valence-electron chi connectivity index (χ0n) is 19.9. The van der Waals surface area contributed by atoms with Crippen molar-refractivity contribution >= 4 is 11.6 Å². The molecule has 6 nitrogen and oxygen atoms in total. The van der Waals surface area contributed by atoms with Gasteiger partial charge in [0.1, 0.15) is 5.75 Å². The van der Waals surface area contributed by atoms with Crippen LogP contribution in [0, 0.1) is 13.8 Å². The minimum absolute atomic E-state index is 0.137. The first-order valence-corrected chi connectivity index (χ1v) is 10.8. The van der Waals surface area contributed by atoms with Gasteiger partial charge in [0.25, 0.3) is 0 Å². The molecule has 0 saturated heterocycles. The van der Waals surface area contributed by atoms with E-state index in [9.17, 15) is 4.79 Å². The topological polar surface area (TPSA) is 65.7 Å². The number of carbonyl (C=O) groups is 1. The van der Waals surface area contributed by atoms with Crippen molar-refractivity contribution in [3.8, 4) is 17.0 Å². The molecule has 0 radical (unpaired) electrons. The van der Waals surface area contributed by atoms with Crippen molar-refractivity contribution in [2.45, 2.75) is 65.7 Å². The number of esters is 1. The molecule has 1 unspecified atom stereocenters. The number of rotatable bonds is 6. The van der Waals surface area contributed by atoms with Gasteiger partial charge in [0.15, 0.2) is 5.65 Å². The molecular weight excluding hydrogens is 390 g/mol. The summed E-state index contributed by atoms with van der Waals surface area (Å²) in [6.45, 7) is 12.4. The maximum atomic E-state index is 12.8. The third-order valence-electron chi connectivity index (χ3n) is 5.62. The van der Waals surface area contributed by atoms with E-state index in [-0.39, 0.29) is 11.4 Å². The number of ether oxygens (including phenoxy) is 2. The zero-order chi connectivity index (χ0) is 22.9. The number of hydrogen-bond acceptors (Lipinski definition) is 5. The largest absolute Gasteiger partial charge is 0.496 e. The Morgan fingerprint density at radius 1 is 1.16 bits per heavy atom. The number of nitrogens with zero attached hydrogens (tertiary/aromatic N) is 3. The van der Waals surface area contributed by atoms with Crippen molar-refractivity contribution in [3.63, 3.8) is 0 Å². The summed E-state index contributed by atoms with van der Waals surface area (Å²) < 4.78 is 12.8. The van der Waals surface area contributed by atoms with E-state index in [0.29, 0.717) is 6.42 Å². The Balaban J connectivity index is 2.47. The molecule has 0 saturated carbocycles. The molecule has 0 aliphatic carbocycles. The van der Waals surface area contributed by atoms with Crippen molar-refractivity contribution in [3.05, 3.63) is 46.8 Å². The molecule has 0 spiro atoms. The van der Waals surface area contributed by atoms with Crippen LogP contribution in [0.25, 0.3) is 16.9 Å². The van der Waals surface area contributed by atoms with Crippen LogP contribution < -0.4 is 4.74 Å². The highest BCUT2D eigenvalue weighted by atomic mass is 16.5. The van der Waals surface area contributed by atoms with E-state index >= 15 is 0 Å². The molecule has 0 aliphatic heterocycles. The minimum Gasteiger partial charge on any atom is -0.496 e. The lowest BCUT2D eigenvalue weighted by Crippen LogP contribution is -2.19. The monoisotopic (exact) mass is 423 g/mol. The van der Waals surface area contributed by atoms with Crippen LogP contribution in [0.15, 0.2) is 24.3 Å². The van der Waals surface area contributed by atoms with Crippen molar-refractivity contribution in [2.24, 2.45) is 0 Å². The van der Waals surface area contributed by atoms with Crippen LogP contribution in [-0.4, -0.2) is 34.8 Å². The summed E-state index contributed by atoms with van der Waals surface area (Å²) in [4.78, 5) is 17.7. The van der Waals surface area contributed by atoms with E-state index in [1.54, 1.807) is 7.11 Å². The first-order valence-electron chi connectivity index (χ1n) is 10.8. The first-order chi connectivity index (χ1) is 14.6. The van der Waals surface area contributed by atoms with Crippen LogP contribution in [0.1, 0.15) is 69.0 Å². The highest BCUT2D eigenvalue weighted by molar-refractivity contribution is 5.84. The Bertz CT molecular complexity index is 1110. The molecule has 0 fully saturated rings. The Morgan fingerprint density at radius 2 is 1.87 bits per heavy atom. The molecule has 6 heteroatoms. The summed E-state index contributed by atoms with van der Waals surface area (Å²) in [7, 11) is 3.10. The summed E-state index contributed by atoms with van der Waals surface area (Å²) in [5, 5.41) is 4.93. The van der Waals surface area contributed by atoms with Crippen molar-refractivity contribution in [2.75, 3.05) is 14.2 Å². The van der Waals surface area contributed by atoms with Crippen LogP contribution in [-0.2, 0) is 14.9 Å². The predicted octanol–water partition coefficient (Wildman–Crippen LogP) is 5.38. The summed E-state index contributed by atoms with van der Waals surface area (Å²) >= 11 is 0. The number of methoxy groups -OCH3 is 2. The highest BCUT2D eigenvalue weighted by Gasteiger charge is 2.31. The van der Waals surface area contributed by atoms with Gasteiger partial charge in [0.05, 0.1) is 31.5 Å². The average Bonchev–Trinajstić information content (AvgIpc) is 3.15. The fourth-order valence-corrected chi connectivity index (χ4v) is 3.98. The molecule has 0 bridgehead atoms. The number of fused-ring (bicyclic) bond motifs is 1. The van der Waals surface area contributed by atoms with Crippen LogP contribution in [0.4, 0.5) is 0 Å². The Morgan fingerprint density at radius 3 is 2.45 bits per heavy atom. The van der Waals surface area contributed by atoms with Crippen LogP contribution in [0.5, 0.6) is 5.75 Å². The van der Waals surface area contributed by atoms with E-state index in [2.05, 4.69) is 27.7 Å². The van der Waals surface area contributed by atoms with Crippen molar-refractivity contribution in [1.82, 2.24) is 14.6 Å². The number of carbonyl (C=O) groups excluding carboxylic acids is 1. The molecule has 0 N–H and O–H groups in total. The molecule has 2 heterocycles. The minimum atomic E-state index is -0.435. The standard InChI is InChI=1S/C25H33N3O3/c1-9-10-18(24(29)31-8)22-16(3)26-21-14-20(25(4,5)6)27-28(21)23(22)17-12-11-15(2)13-19(17)30-7/h11-14,18H,9-10H2,1-8H3. The van der Waals surface area contributed by atoms with E-state index in [0.717, 1.165) is 51.6 Å². The number of hydrogen-bond donors (Lipinski definition) is 0. The second-order valence-electron chi connectivity index (χ2n) is 9.08. The van der Waals surface area contributed by atoms with E-state index in [4.69, 9.17) is 19.6 Å². The Hall–Kier alpha value is -2.89. The maximum Gasteiger partial charge on any atom is 0.313 e. The molecule has 1 atom stereocenters. The summed E-state index contributed by atoms with van der Waals surface area (Å²) in [6, 6.07) is 8.10. The third kappa shape index (κ3) is 4.29. The van der Waals surface area contributed by atoms with Gasteiger partial charge >= 0.3 is 5.97 Å². The van der Waals surface area contributed by atoms with Gasteiger partial charge in [0.2, 0.25) is 0 Å². The van der Waals surface area contributed by atoms with Crippen LogP contribution in [0.3, 0.4) is 0 Å². The van der Waals surface area contributed by atoms with Gasteiger partial charge in [-0.1, -0.05) is 40.2 Å². The predicted molar refractivity (Wildman–Crippen MR) is 123 cm³/mol. The smallest absolute Gasteiger partial charge is 0.313 e. The molecule has 166 valence electrons. The van der Waals surface area contributed by atoms with E-state index in [1.807, 2.05) is 42.6 Å². The summed E-state index contributed by atoms with van der Waals surface area (Å²) in [5.74, 6) is 0.0397. The van der Waals surface area contributed by atoms with Gasteiger partial charge < -0.3 is 9.47 Å². The molecule has 2 aromatic heterocycles. The number of benzene rings is 1. The number of aryl methyl sites for hydroxylation is 2. The van der Waals surface area contributed by atoms with E-state index in [1.165, 1.54) is 7.11 Å². The van der Waals surface area contributed by atoms with Gasteiger partial charge in [-0.2, -0.15) is 5.10 Å². The maximum absolute atomic E-state index is 12.8. The normalized spacial score (nSPS) is 12.8. The fourth-order valence-electron chi connectivity index (χ4n) is 3.98. The lowest BCUT2D eigenvalue weighted by Gasteiger charge is -2.22. The molecule has 1 aromatic carbocycles. The third-order valence-corrected chi connectivity index (χ3v) is 5.62. The fraction of sp³-hybridized carbons (Fsp3) is 0.480. The van der Waals surface area contributed by atoms with Crippen molar-refractivity contribution in [1.29, 1.82) is 0 Å². The van der Waals surface area contributed by atoms with Gasteiger partial charge in [-0.3, -0.25) is 4.79 Å². The van der Waals surface area contributed by atoms with Gasteiger partial charge in [-0.15, -0.1) is 0 Å². The van der Waals surface area contributed by atoms with Gasteiger partial charge in [-0.25, -0.2) is 9.50 Å².